The maximum Gasteiger partial charge on any atom is 0.305 e. The van der Waals surface area contributed by atoms with Crippen molar-refractivity contribution in [1.29, 1.82) is 0 Å². The van der Waals surface area contributed by atoms with Gasteiger partial charge in [0.1, 0.15) is 0 Å². The van der Waals surface area contributed by atoms with Crippen LogP contribution in [0.3, 0.4) is 0 Å². The van der Waals surface area contributed by atoms with E-state index in [1.54, 1.807) is 6.08 Å². The van der Waals surface area contributed by atoms with Gasteiger partial charge in [0.15, 0.2) is 0 Å². The summed E-state index contributed by atoms with van der Waals surface area (Å²) in [5, 5.41) is 23.3. The van der Waals surface area contributed by atoms with E-state index in [0.717, 1.165) is 57.8 Å². The molecule has 0 aliphatic heterocycles. The molecule has 2 atom stereocenters. The van der Waals surface area contributed by atoms with Gasteiger partial charge in [0.05, 0.1) is 25.4 Å². The number of ether oxygens (including phenoxy) is 1. The number of carbonyl (C=O) groups is 2. The predicted molar refractivity (Wildman–Crippen MR) is 342 cm³/mol. The fraction of sp³-hybridized carbons (Fsp3) is 0.861. The molecule has 0 aromatic carbocycles. The normalized spacial score (nSPS) is 12.8. The Morgan fingerprint density at radius 1 is 0.359 bits per heavy atom. The zero-order chi connectivity index (χ0) is 56.4. The zero-order valence-electron chi connectivity index (χ0n) is 52.4. The first kappa shape index (κ1) is 75.8. The van der Waals surface area contributed by atoms with Gasteiger partial charge >= 0.3 is 5.97 Å². The van der Waals surface area contributed by atoms with Crippen LogP contribution in [0.2, 0.25) is 0 Å². The Morgan fingerprint density at radius 3 is 1.01 bits per heavy atom. The molecule has 6 nitrogen and oxygen atoms in total. The second-order valence-electron chi connectivity index (χ2n) is 23.9. The Labute approximate surface area is 486 Å². The summed E-state index contributed by atoms with van der Waals surface area (Å²) in [5.41, 5.74) is 0. The third-order valence-electron chi connectivity index (χ3n) is 16.1. The summed E-state index contributed by atoms with van der Waals surface area (Å²) in [6, 6.07) is -0.638. The van der Waals surface area contributed by atoms with Gasteiger partial charge in [-0.3, -0.25) is 9.59 Å². The minimum Gasteiger partial charge on any atom is -0.466 e. The average molecular weight is 1090 g/mol. The molecule has 0 radical (unpaired) electrons. The van der Waals surface area contributed by atoms with Crippen LogP contribution >= 0.6 is 0 Å². The molecule has 0 bridgehead atoms. The summed E-state index contributed by atoms with van der Waals surface area (Å²) in [5.74, 6) is -0.0748. The summed E-state index contributed by atoms with van der Waals surface area (Å²) in [4.78, 5) is 24.6. The molecule has 0 spiro atoms. The molecule has 0 saturated heterocycles. The fourth-order valence-electron chi connectivity index (χ4n) is 10.7. The molecule has 1 amide bonds. The third kappa shape index (κ3) is 63.0. The van der Waals surface area contributed by atoms with Crippen LogP contribution < -0.4 is 5.32 Å². The number of nitrogens with one attached hydrogen (secondary N) is 1. The third-order valence-corrected chi connectivity index (χ3v) is 16.1. The molecule has 458 valence electrons. The highest BCUT2D eigenvalue weighted by molar-refractivity contribution is 5.76. The molecule has 0 aromatic heterocycles. The van der Waals surface area contributed by atoms with Crippen molar-refractivity contribution in [2.24, 2.45) is 0 Å². The molecule has 0 saturated carbocycles. The minimum absolute atomic E-state index is 0.000195. The summed E-state index contributed by atoms with van der Waals surface area (Å²) in [7, 11) is 0. The SMILES string of the molecule is CCCCC/C=C\C/C=C\CCCCCCCCCCCC(=O)OCCCCCCCCCC/C=C\CCCCCCCCCC(=O)NC(CO)C(O)/C=C/CCCCCCCCCCCCCCCCCCCCCCC. The summed E-state index contributed by atoms with van der Waals surface area (Å²) in [6.07, 6.45) is 87.4. The van der Waals surface area contributed by atoms with Crippen molar-refractivity contribution in [2.75, 3.05) is 13.2 Å². The number of carbonyl (C=O) groups excluding carboxylic acids is 2. The zero-order valence-corrected chi connectivity index (χ0v) is 52.4. The Kier molecular flexibility index (Phi) is 65.4. The van der Waals surface area contributed by atoms with Crippen molar-refractivity contribution >= 4 is 11.9 Å². The van der Waals surface area contributed by atoms with Crippen molar-refractivity contribution in [2.45, 2.75) is 386 Å². The topological polar surface area (TPSA) is 95.9 Å². The summed E-state index contributed by atoms with van der Waals surface area (Å²) < 4.78 is 5.50. The fourth-order valence-corrected chi connectivity index (χ4v) is 10.7. The van der Waals surface area contributed by atoms with Crippen LogP contribution in [0.1, 0.15) is 373 Å². The second-order valence-corrected chi connectivity index (χ2v) is 23.9. The van der Waals surface area contributed by atoms with E-state index in [0.29, 0.717) is 19.4 Å². The molecule has 0 aliphatic rings. The highest BCUT2D eigenvalue weighted by atomic mass is 16.5. The number of hydrogen-bond donors (Lipinski definition) is 3. The first-order valence-corrected chi connectivity index (χ1v) is 34.9. The van der Waals surface area contributed by atoms with E-state index in [1.807, 2.05) is 6.08 Å². The van der Waals surface area contributed by atoms with Crippen LogP contribution in [-0.2, 0) is 14.3 Å². The number of allylic oxidation sites excluding steroid dienone is 7. The number of aliphatic hydroxyl groups excluding tert-OH is 2. The van der Waals surface area contributed by atoms with Crippen molar-refractivity contribution in [1.82, 2.24) is 5.32 Å². The van der Waals surface area contributed by atoms with Crippen LogP contribution in [0.25, 0.3) is 0 Å². The van der Waals surface area contributed by atoms with E-state index in [2.05, 4.69) is 55.6 Å². The van der Waals surface area contributed by atoms with E-state index in [9.17, 15) is 19.8 Å². The molecule has 0 heterocycles. The highest BCUT2D eigenvalue weighted by Gasteiger charge is 2.18. The summed E-state index contributed by atoms with van der Waals surface area (Å²) in [6.45, 7) is 4.89. The van der Waals surface area contributed by atoms with Crippen molar-refractivity contribution < 1.29 is 24.5 Å². The molecule has 6 heteroatoms. The molecular weight excluding hydrogens is 959 g/mol. The lowest BCUT2D eigenvalue weighted by atomic mass is 10.0. The Morgan fingerprint density at radius 2 is 0.641 bits per heavy atom. The quantitative estimate of drug-likeness (QED) is 0.0320. The lowest BCUT2D eigenvalue weighted by Gasteiger charge is -2.20. The van der Waals surface area contributed by atoms with E-state index < -0.39 is 12.1 Å². The van der Waals surface area contributed by atoms with Gasteiger partial charge in [0.25, 0.3) is 0 Å². The Balaban J connectivity index is 3.46. The first-order chi connectivity index (χ1) is 38.5. The molecule has 0 aromatic rings. The van der Waals surface area contributed by atoms with Gasteiger partial charge in [-0.05, 0) is 89.9 Å². The number of hydrogen-bond acceptors (Lipinski definition) is 5. The number of unbranched alkanes of at least 4 members (excludes halogenated alkanes) is 48. The van der Waals surface area contributed by atoms with Crippen LogP contribution in [0.4, 0.5) is 0 Å². The van der Waals surface area contributed by atoms with E-state index in [4.69, 9.17) is 4.74 Å². The number of aliphatic hydroxyl groups is 2. The largest absolute Gasteiger partial charge is 0.466 e. The van der Waals surface area contributed by atoms with Gasteiger partial charge < -0.3 is 20.3 Å². The van der Waals surface area contributed by atoms with Crippen molar-refractivity contribution in [3.63, 3.8) is 0 Å². The van der Waals surface area contributed by atoms with E-state index in [-0.39, 0.29) is 18.5 Å². The maximum atomic E-state index is 12.5. The average Bonchev–Trinajstić information content (AvgIpc) is 3.44. The van der Waals surface area contributed by atoms with Gasteiger partial charge in [0.2, 0.25) is 5.91 Å². The van der Waals surface area contributed by atoms with Crippen LogP contribution in [0.15, 0.2) is 48.6 Å². The maximum absolute atomic E-state index is 12.5. The van der Waals surface area contributed by atoms with Crippen LogP contribution in [0, 0.1) is 0 Å². The van der Waals surface area contributed by atoms with Gasteiger partial charge in [0, 0.05) is 12.8 Å². The smallest absolute Gasteiger partial charge is 0.305 e. The standard InChI is InChI=1S/C72H135NO5/c1-3-5-7-9-11-13-15-17-19-21-23-24-25-26-29-32-36-40-44-48-52-56-60-64-70(75)69(68-74)73-71(76)65-61-57-53-49-45-41-37-33-30-27-31-35-39-43-47-51-55-59-63-67-78-72(77)66-62-58-54-50-46-42-38-34-28-22-20-18-16-14-12-10-8-6-4-2/h12,14,18,20,27,30,60,64,69-70,74-75H,3-11,13,15-17,19,21-26,28-29,31-59,61-63,65-68H2,1-2H3,(H,73,76)/b14-12-,20-18-,30-27-,64-60+. The molecule has 78 heavy (non-hydrogen) atoms. The molecular formula is C72H135NO5. The molecule has 0 rings (SSSR count). The highest BCUT2D eigenvalue weighted by Crippen LogP contribution is 2.18. The second kappa shape index (κ2) is 67.3. The molecule has 0 aliphatic carbocycles. The Hall–Kier alpha value is -2.18. The lowest BCUT2D eigenvalue weighted by molar-refractivity contribution is -0.143. The first-order valence-electron chi connectivity index (χ1n) is 34.9. The molecule has 3 N–H and O–H groups in total. The minimum atomic E-state index is -0.853. The lowest BCUT2D eigenvalue weighted by Crippen LogP contribution is -2.45. The van der Waals surface area contributed by atoms with Crippen molar-refractivity contribution in [3.05, 3.63) is 48.6 Å². The number of amides is 1. The van der Waals surface area contributed by atoms with E-state index in [1.165, 1.54) is 289 Å². The summed E-state index contributed by atoms with van der Waals surface area (Å²) >= 11 is 0. The van der Waals surface area contributed by atoms with Gasteiger partial charge in [-0.15, -0.1) is 0 Å². The van der Waals surface area contributed by atoms with Crippen LogP contribution in [0.5, 0.6) is 0 Å². The van der Waals surface area contributed by atoms with Crippen LogP contribution in [-0.4, -0.2) is 47.4 Å². The van der Waals surface area contributed by atoms with Gasteiger partial charge in [-0.2, -0.15) is 0 Å². The Bertz CT molecular complexity index is 1310. The number of rotatable bonds is 65. The predicted octanol–water partition coefficient (Wildman–Crippen LogP) is 22.5. The molecule has 0 fully saturated rings. The van der Waals surface area contributed by atoms with E-state index >= 15 is 0 Å². The van der Waals surface area contributed by atoms with Gasteiger partial charge in [-0.1, -0.05) is 319 Å². The van der Waals surface area contributed by atoms with Crippen molar-refractivity contribution in [3.8, 4) is 0 Å². The monoisotopic (exact) mass is 1090 g/mol. The van der Waals surface area contributed by atoms with Gasteiger partial charge in [-0.25, -0.2) is 0 Å². The number of esters is 1. The molecule has 2 unspecified atom stereocenters.